The van der Waals surface area contributed by atoms with Crippen molar-refractivity contribution < 1.29 is 13.9 Å². The summed E-state index contributed by atoms with van der Waals surface area (Å²) in [5, 5.41) is 4.88. The van der Waals surface area contributed by atoms with E-state index in [1.54, 1.807) is 32.5 Å². The molecule has 178 valence electrons. The number of thiocarbonyl (C=S) groups is 1. The molecule has 6 nitrogen and oxygen atoms in total. The summed E-state index contributed by atoms with van der Waals surface area (Å²) in [5.74, 6) is 2.69. The highest BCUT2D eigenvalue weighted by Crippen LogP contribution is 2.46. The predicted octanol–water partition coefficient (Wildman–Crippen LogP) is 6.84. The number of hydrogen-bond donors (Lipinski definition) is 1. The van der Waals surface area contributed by atoms with Crippen LogP contribution in [-0.4, -0.2) is 24.3 Å². The topological polar surface area (TPSA) is 59.8 Å². The lowest BCUT2D eigenvalue weighted by Crippen LogP contribution is -2.29. The Labute approximate surface area is 218 Å². The molecular weight excluding hydrogens is 505 g/mol. The van der Waals surface area contributed by atoms with Gasteiger partial charge in [-0.3, -0.25) is 4.98 Å². The van der Waals surface area contributed by atoms with E-state index >= 15 is 0 Å². The summed E-state index contributed by atoms with van der Waals surface area (Å²) in [6, 6.07) is 20.0. The van der Waals surface area contributed by atoms with Crippen molar-refractivity contribution in [3.8, 4) is 22.8 Å². The molecule has 0 radical (unpaired) electrons. The minimum atomic E-state index is -0.352. The molecule has 1 N–H and O–H groups in total. The van der Waals surface area contributed by atoms with Crippen LogP contribution in [0.25, 0.3) is 11.3 Å². The summed E-state index contributed by atoms with van der Waals surface area (Å²) >= 11 is 18.2. The summed E-state index contributed by atoms with van der Waals surface area (Å²) in [5.41, 5.74) is 2.40. The summed E-state index contributed by atoms with van der Waals surface area (Å²) in [7, 11) is 3.24. The van der Waals surface area contributed by atoms with Crippen LogP contribution >= 0.6 is 35.4 Å². The molecule has 0 unspecified atom stereocenters. The molecule has 9 heteroatoms. The third-order valence-electron chi connectivity index (χ3n) is 5.87. The van der Waals surface area contributed by atoms with E-state index < -0.39 is 0 Å². The molecule has 0 spiro atoms. The largest absolute Gasteiger partial charge is 0.497 e. The summed E-state index contributed by atoms with van der Waals surface area (Å²) in [4.78, 5) is 6.56. The molecule has 0 bridgehead atoms. The first-order valence-electron chi connectivity index (χ1n) is 10.8. The Hall–Kier alpha value is -3.26. The van der Waals surface area contributed by atoms with Gasteiger partial charge in [-0.2, -0.15) is 0 Å². The van der Waals surface area contributed by atoms with Crippen molar-refractivity contribution in [2.45, 2.75) is 12.1 Å². The van der Waals surface area contributed by atoms with Gasteiger partial charge in [-0.15, -0.1) is 0 Å². The SMILES string of the molecule is COc1ccc(OC)c(N2C(=S)N[C@@H](c3ccccn3)[C@H]2c2ccc(-c3ccc(Cl)c(Cl)c3)o2)c1. The number of halogens is 2. The summed E-state index contributed by atoms with van der Waals surface area (Å²) in [6.07, 6.45) is 1.76. The first-order chi connectivity index (χ1) is 17.0. The molecule has 5 rings (SSSR count). The van der Waals surface area contributed by atoms with Gasteiger partial charge in [-0.1, -0.05) is 29.3 Å². The van der Waals surface area contributed by atoms with E-state index in [4.69, 9.17) is 49.3 Å². The highest BCUT2D eigenvalue weighted by Gasteiger charge is 2.43. The molecule has 1 saturated heterocycles. The zero-order chi connectivity index (χ0) is 24.5. The Bertz CT molecular complexity index is 1380. The third kappa shape index (κ3) is 4.43. The van der Waals surface area contributed by atoms with E-state index in [9.17, 15) is 0 Å². The Morgan fingerprint density at radius 3 is 2.54 bits per heavy atom. The van der Waals surface area contributed by atoms with Gasteiger partial charge in [-0.05, 0) is 66.8 Å². The van der Waals surface area contributed by atoms with Crippen LogP contribution in [0.4, 0.5) is 5.69 Å². The molecule has 3 heterocycles. The maximum atomic E-state index is 6.39. The molecular formula is C26H21Cl2N3O3S. The Kier molecular flexibility index (Phi) is 6.56. The van der Waals surface area contributed by atoms with E-state index in [1.165, 1.54) is 0 Å². The van der Waals surface area contributed by atoms with Gasteiger partial charge in [-0.25, -0.2) is 0 Å². The number of aromatic nitrogens is 1. The first kappa shape index (κ1) is 23.5. The standard InChI is InChI=1S/C26H21Cl2N3O3S/c1-32-16-7-9-22(33-2)20(14-16)31-25(24(30-26(31)35)19-5-3-4-12-29-19)23-11-10-21(34-23)15-6-8-17(27)18(28)13-15/h3-14,24-25H,1-2H3,(H,30,35)/t24-,25+/m0/s1. The molecule has 1 aliphatic heterocycles. The maximum Gasteiger partial charge on any atom is 0.174 e. The van der Waals surface area contributed by atoms with Crippen LogP contribution in [0.2, 0.25) is 10.0 Å². The second-order valence-corrected chi connectivity index (χ2v) is 9.07. The average molecular weight is 526 g/mol. The van der Waals surface area contributed by atoms with Crippen LogP contribution in [0.3, 0.4) is 0 Å². The molecule has 0 amide bonds. The van der Waals surface area contributed by atoms with E-state index in [0.29, 0.717) is 38.2 Å². The van der Waals surface area contributed by atoms with Gasteiger partial charge in [0.25, 0.3) is 0 Å². The van der Waals surface area contributed by atoms with Gasteiger partial charge in [0.2, 0.25) is 0 Å². The zero-order valence-corrected chi connectivity index (χ0v) is 21.2. The number of rotatable bonds is 6. The molecule has 2 aromatic heterocycles. The number of ether oxygens (including phenoxy) is 2. The van der Waals surface area contributed by atoms with Gasteiger partial charge in [0.15, 0.2) is 5.11 Å². The van der Waals surface area contributed by atoms with Crippen molar-refractivity contribution >= 4 is 46.2 Å². The maximum absolute atomic E-state index is 6.39. The molecule has 2 aromatic carbocycles. The second-order valence-electron chi connectivity index (χ2n) is 7.87. The van der Waals surface area contributed by atoms with E-state index in [2.05, 4.69) is 10.3 Å². The molecule has 4 aromatic rings. The average Bonchev–Trinajstić information content (AvgIpc) is 3.50. The van der Waals surface area contributed by atoms with E-state index in [-0.39, 0.29) is 12.1 Å². The van der Waals surface area contributed by atoms with Crippen molar-refractivity contribution in [3.63, 3.8) is 0 Å². The number of benzene rings is 2. The van der Waals surface area contributed by atoms with Crippen LogP contribution in [0.1, 0.15) is 23.5 Å². The molecule has 2 atom stereocenters. The van der Waals surface area contributed by atoms with Gasteiger partial charge in [0.05, 0.1) is 41.7 Å². The number of furan rings is 1. The zero-order valence-electron chi connectivity index (χ0n) is 18.9. The Morgan fingerprint density at radius 2 is 1.83 bits per heavy atom. The second kappa shape index (κ2) is 9.77. The normalized spacial score (nSPS) is 17.4. The Balaban J connectivity index is 1.64. The lowest BCUT2D eigenvalue weighted by molar-refractivity contribution is 0.400. The van der Waals surface area contributed by atoms with Crippen LogP contribution in [0.15, 0.2) is 77.3 Å². The lowest BCUT2D eigenvalue weighted by Gasteiger charge is -2.27. The number of nitrogens with zero attached hydrogens (tertiary/aromatic N) is 2. The fourth-order valence-corrected chi connectivity index (χ4v) is 4.84. The lowest BCUT2D eigenvalue weighted by atomic mass is 10.0. The molecule has 1 fully saturated rings. The van der Waals surface area contributed by atoms with Gasteiger partial charge >= 0.3 is 0 Å². The van der Waals surface area contributed by atoms with E-state index in [1.807, 2.05) is 59.5 Å². The van der Waals surface area contributed by atoms with Gasteiger partial charge in [0.1, 0.15) is 29.1 Å². The number of pyridine rings is 1. The minimum Gasteiger partial charge on any atom is -0.497 e. The molecule has 0 saturated carbocycles. The quantitative estimate of drug-likeness (QED) is 0.276. The fraction of sp³-hybridized carbons (Fsp3) is 0.154. The monoisotopic (exact) mass is 525 g/mol. The van der Waals surface area contributed by atoms with Gasteiger partial charge in [0, 0.05) is 17.8 Å². The molecule has 0 aliphatic carbocycles. The van der Waals surface area contributed by atoms with Crippen molar-refractivity contribution in [3.05, 3.63) is 94.4 Å². The predicted molar refractivity (Wildman–Crippen MR) is 142 cm³/mol. The van der Waals surface area contributed by atoms with Crippen molar-refractivity contribution in [2.24, 2.45) is 0 Å². The van der Waals surface area contributed by atoms with Crippen LogP contribution in [0, 0.1) is 0 Å². The van der Waals surface area contributed by atoms with Crippen molar-refractivity contribution in [1.29, 1.82) is 0 Å². The van der Waals surface area contributed by atoms with Crippen LogP contribution < -0.4 is 19.7 Å². The fourth-order valence-electron chi connectivity index (χ4n) is 4.20. The smallest absolute Gasteiger partial charge is 0.174 e. The summed E-state index contributed by atoms with van der Waals surface area (Å²) < 4.78 is 17.5. The Morgan fingerprint density at radius 1 is 0.971 bits per heavy atom. The van der Waals surface area contributed by atoms with Crippen molar-refractivity contribution in [2.75, 3.05) is 19.1 Å². The highest BCUT2D eigenvalue weighted by molar-refractivity contribution is 7.80. The first-order valence-corrected chi connectivity index (χ1v) is 11.9. The van der Waals surface area contributed by atoms with Crippen LogP contribution in [-0.2, 0) is 0 Å². The number of hydrogen-bond acceptors (Lipinski definition) is 5. The number of anilines is 1. The molecule has 35 heavy (non-hydrogen) atoms. The van der Waals surface area contributed by atoms with E-state index in [0.717, 1.165) is 16.9 Å². The minimum absolute atomic E-state index is 0.271. The van der Waals surface area contributed by atoms with Crippen molar-refractivity contribution in [1.82, 2.24) is 10.3 Å². The van der Waals surface area contributed by atoms with Gasteiger partial charge < -0.3 is 24.1 Å². The van der Waals surface area contributed by atoms with Crippen LogP contribution in [0.5, 0.6) is 11.5 Å². The summed E-state index contributed by atoms with van der Waals surface area (Å²) in [6.45, 7) is 0. The number of methoxy groups -OCH3 is 2. The molecule has 1 aliphatic rings. The third-order valence-corrected chi connectivity index (χ3v) is 6.92. The highest BCUT2D eigenvalue weighted by atomic mass is 35.5. The number of nitrogens with one attached hydrogen (secondary N) is 1.